The maximum atomic E-state index is 13.0. The molecule has 116 valence electrons. The summed E-state index contributed by atoms with van der Waals surface area (Å²) < 4.78 is 1.70. The van der Waals surface area contributed by atoms with Gasteiger partial charge in [-0.15, -0.1) is 0 Å². The minimum absolute atomic E-state index is 0.0290. The lowest BCUT2D eigenvalue weighted by molar-refractivity contribution is 0.0712. The Labute approximate surface area is 130 Å². The van der Waals surface area contributed by atoms with Gasteiger partial charge in [-0.3, -0.25) is 9.48 Å². The van der Waals surface area contributed by atoms with Crippen molar-refractivity contribution in [1.29, 1.82) is 5.26 Å². The molecule has 2 rings (SSSR count). The van der Waals surface area contributed by atoms with E-state index in [-0.39, 0.29) is 11.9 Å². The van der Waals surface area contributed by atoms with Gasteiger partial charge in [0, 0.05) is 25.3 Å². The highest BCUT2D eigenvalue weighted by Gasteiger charge is 2.23. The maximum Gasteiger partial charge on any atom is 0.255 e. The predicted molar refractivity (Wildman–Crippen MR) is 84.4 cm³/mol. The first-order chi connectivity index (χ1) is 10.4. The number of pyridine rings is 1. The number of rotatable bonds is 4. The summed E-state index contributed by atoms with van der Waals surface area (Å²) in [6.07, 6.45) is 0.323. The summed E-state index contributed by atoms with van der Waals surface area (Å²) in [6.45, 7) is 8.08. The summed E-state index contributed by atoms with van der Waals surface area (Å²) in [5.74, 6) is -0.0724. The largest absolute Gasteiger partial charge is 0.335 e. The summed E-state index contributed by atoms with van der Waals surface area (Å²) in [6, 6.07) is 3.94. The van der Waals surface area contributed by atoms with Crippen molar-refractivity contribution in [3.05, 3.63) is 23.0 Å². The molecule has 6 nitrogen and oxygen atoms in total. The fourth-order valence-corrected chi connectivity index (χ4v) is 2.66. The molecule has 2 aromatic heterocycles. The average molecular weight is 299 g/mol. The minimum atomic E-state index is -0.0724. The Morgan fingerprint density at radius 1 is 1.45 bits per heavy atom. The highest BCUT2D eigenvalue weighted by Crippen LogP contribution is 2.23. The molecule has 0 saturated heterocycles. The summed E-state index contributed by atoms with van der Waals surface area (Å²) in [5.41, 5.74) is 2.89. The minimum Gasteiger partial charge on any atom is -0.335 e. The quantitative estimate of drug-likeness (QED) is 0.868. The fourth-order valence-electron chi connectivity index (χ4n) is 2.66. The highest BCUT2D eigenvalue weighted by molar-refractivity contribution is 6.06. The highest BCUT2D eigenvalue weighted by atomic mass is 16.2. The number of aromatic nitrogens is 3. The van der Waals surface area contributed by atoms with E-state index in [2.05, 4.69) is 16.2 Å². The lowest BCUT2D eigenvalue weighted by Crippen LogP contribution is -2.37. The van der Waals surface area contributed by atoms with Gasteiger partial charge in [0.2, 0.25) is 0 Å². The van der Waals surface area contributed by atoms with E-state index in [1.807, 2.05) is 34.7 Å². The zero-order valence-corrected chi connectivity index (χ0v) is 13.7. The maximum absolute atomic E-state index is 13.0. The third-order valence-electron chi connectivity index (χ3n) is 3.68. The van der Waals surface area contributed by atoms with Crippen molar-refractivity contribution < 1.29 is 4.79 Å². The summed E-state index contributed by atoms with van der Waals surface area (Å²) >= 11 is 0. The van der Waals surface area contributed by atoms with Crippen LogP contribution in [0.5, 0.6) is 0 Å². The van der Waals surface area contributed by atoms with Crippen molar-refractivity contribution in [1.82, 2.24) is 19.7 Å². The molecule has 0 radical (unpaired) electrons. The van der Waals surface area contributed by atoms with Crippen LogP contribution in [-0.2, 0) is 7.05 Å². The van der Waals surface area contributed by atoms with Gasteiger partial charge in [-0.2, -0.15) is 10.4 Å². The van der Waals surface area contributed by atoms with Gasteiger partial charge in [0.05, 0.1) is 29.1 Å². The molecule has 6 heteroatoms. The Hall–Kier alpha value is -2.42. The Kier molecular flexibility index (Phi) is 4.45. The number of carbonyl (C=O) groups is 1. The van der Waals surface area contributed by atoms with E-state index < -0.39 is 0 Å². The number of carbonyl (C=O) groups excluding carboxylic acids is 1. The summed E-state index contributed by atoms with van der Waals surface area (Å²) in [4.78, 5) is 19.2. The number of fused-ring (bicyclic) bond motifs is 1. The lowest BCUT2D eigenvalue weighted by Gasteiger charge is -2.26. The van der Waals surface area contributed by atoms with Crippen molar-refractivity contribution >= 4 is 16.9 Å². The van der Waals surface area contributed by atoms with E-state index in [1.165, 1.54) is 0 Å². The molecule has 0 N–H and O–H groups in total. The van der Waals surface area contributed by atoms with E-state index in [1.54, 1.807) is 15.6 Å². The van der Waals surface area contributed by atoms with Crippen molar-refractivity contribution in [2.45, 2.75) is 40.2 Å². The molecular formula is C16H21N5O. The molecule has 0 atom stereocenters. The number of aryl methyl sites for hydroxylation is 3. The smallest absolute Gasteiger partial charge is 0.255 e. The van der Waals surface area contributed by atoms with Crippen molar-refractivity contribution in [3.8, 4) is 6.07 Å². The Morgan fingerprint density at radius 3 is 2.73 bits per heavy atom. The first-order valence-corrected chi connectivity index (χ1v) is 7.35. The number of hydrogen-bond acceptors (Lipinski definition) is 4. The molecule has 0 aliphatic carbocycles. The first-order valence-electron chi connectivity index (χ1n) is 7.35. The summed E-state index contributed by atoms with van der Waals surface area (Å²) in [5, 5.41) is 14.0. The first kappa shape index (κ1) is 16.0. The predicted octanol–water partition coefficient (Wildman–Crippen LogP) is 2.35. The van der Waals surface area contributed by atoms with Crippen LogP contribution in [0.3, 0.4) is 0 Å². The van der Waals surface area contributed by atoms with E-state index in [4.69, 9.17) is 5.26 Å². The molecule has 0 aromatic carbocycles. The van der Waals surface area contributed by atoms with Gasteiger partial charge in [-0.1, -0.05) is 0 Å². The molecule has 1 amide bonds. The molecule has 22 heavy (non-hydrogen) atoms. The van der Waals surface area contributed by atoms with E-state index in [0.717, 1.165) is 16.8 Å². The second-order valence-corrected chi connectivity index (χ2v) is 5.72. The van der Waals surface area contributed by atoms with Crippen LogP contribution < -0.4 is 0 Å². The van der Waals surface area contributed by atoms with Crippen molar-refractivity contribution in [3.63, 3.8) is 0 Å². The monoisotopic (exact) mass is 299 g/mol. The SMILES string of the molecule is Cc1cc(C(=O)N(CCC#N)C(C)C)c2c(C)nn(C)c2n1. The van der Waals surface area contributed by atoms with Crippen molar-refractivity contribution in [2.75, 3.05) is 6.54 Å². The zero-order valence-electron chi connectivity index (χ0n) is 13.7. The molecule has 0 fully saturated rings. The second kappa shape index (κ2) is 6.14. The van der Waals surface area contributed by atoms with Gasteiger partial charge in [0.15, 0.2) is 5.65 Å². The van der Waals surface area contributed by atoms with Crippen LogP contribution in [0.1, 0.15) is 42.0 Å². The van der Waals surface area contributed by atoms with Crippen LogP contribution in [-0.4, -0.2) is 38.2 Å². The van der Waals surface area contributed by atoms with Gasteiger partial charge in [-0.25, -0.2) is 4.98 Å². The standard InChI is InChI=1S/C16H21N5O/c1-10(2)21(8-6-7-17)16(22)13-9-11(3)18-15-14(13)12(4)19-20(15)5/h9-10H,6,8H2,1-5H3. The van der Waals surface area contributed by atoms with Gasteiger partial charge in [0.25, 0.3) is 5.91 Å². The Bertz CT molecular complexity index is 754. The number of amides is 1. The molecule has 0 unspecified atom stereocenters. The summed E-state index contributed by atoms with van der Waals surface area (Å²) in [7, 11) is 1.83. The van der Waals surface area contributed by atoms with Gasteiger partial charge < -0.3 is 4.90 Å². The third-order valence-corrected chi connectivity index (χ3v) is 3.68. The molecular weight excluding hydrogens is 278 g/mol. The topological polar surface area (TPSA) is 74.8 Å². The van der Waals surface area contributed by atoms with Crippen LogP contribution in [0.4, 0.5) is 0 Å². The van der Waals surface area contributed by atoms with Crippen LogP contribution >= 0.6 is 0 Å². The molecule has 2 heterocycles. The van der Waals surface area contributed by atoms with Gasteiger partial charge in [0.1, 0.15) is 0 Å². The lowest BCUT2D eigenvalue weighted by atomic mass is 10.1. The number of hydrogen-bond donors (Lipinski definition) is 0. The van der Waals surface area contributed by atoms with Gasteiger partial charge >= 0.3 is 0 Å². The number of nitrogens with zero attached hydrogens (tertiary/aromatic N) is 5. The van der Waals surface area contributed by atoms with Gasteiger partial charge in [-0.05, 0) is 33.8 Å². The third kappa shape index (κ3) is 2.80. The second-order valence-electron chi connectivity index (χ2n) is 5.72. The Balaban J connectivity index is 2.57. The molecule has 0 aliphatic heterocycles. The molecule has 0 bridgehead atoms. The normalized spacial score (nSPS) is 11.0. The number of nitriles is 1. The fraction of sp³-hybridized carbons (Fsp3) is 0.500. The van der Waals surface area contributed by atoms with E-state index >= 15 is 0 Å². The van der Waals surface area contributed by atoms with Crippen LogP contribution in [0, 0.1) is 25.2 Å². The molecule has 0 spiro atoms. The van der Waals surface area contributed by atoms with E-state index in [0.29, 0.717) is 24.2 Å². The molecule has 2 aromatic rings. The molecule has 0 aliphatic rings. The molecule has 0 saturated carbocycles. The average Bonchev–Trinajstić information content (AvgIpc) is 2.72. The van der Waals surface area contributed by atoms with Crippen LogP contribution in [0.25, 0.3) is 11.0 Å². The zero-order chi connectivity index (χ0) is 16.4. The van der Waals surface area contributed by atoms with Crippen molar-refractivity contribution in [2.24, 2.45) is 7.05 Å². The van der Waals surface area contributed by atoms with Crippen LogP contribution in [0.15, 0.2) is 6.07 Å². The van der Waals surface area contributed by atoms with Crippen LogP contribution in [0.2, 0.25) is 0 Å². The van der Waals surface area contributed by atoms with E-state index in [9.17, 15) is 4.79 Å². The Morgan fingerprint density at radius 2 is 2.14 bits per heavy atom.